The maximum absolute atomic E-state index is 9.35. The van der Waals surface area contributed by atoms with Crippen molar-refractivity contribution in [2.75, 3.05) is 0 Å². The Kier molecular flexibility index (Phi) is 3.11. The molecule has 0 amide bonds. The van der Waals surface area contributed by atoms with Gasteiger partial charge in [-0.25, -0.2) is 0 Å². The SMILES string of the molecule is N#CC1(CC2CCCC2)CCCCC1. The molecule has 0 aromatic heterocycles. The van der Waals surface area contributed by atoms with Crippen molar-refractivity contribution in [1.29, 1.82) is 5.26 Å². The summed E-state index contributed by atoms with van der Waals surface area (Å²) >= 11 is 0. The Hall–Kier alpha value is -0.510. The summed E-state index contributed by atoms with van der Waals surface area (Å²) in [6.07, 6.45) is 13.1. The van der Waals surface area contributed by atoms with Crippen LogP contribution in [0.25, 0.3) is 0 Å². The summed E-state index contributed by atoms with van der Waals surface area (Å²) in [5, 5.41) is 9.35. The van der Waals surface area contributed by atoms with Gasteiger partial charge in [-0.05, 0) is 25.2 Å². The maximum Gasteiger partial charge on any atom is 0.0689 e. The topological polar surface area (TPSA) is 23.8 Å². The van der Waals surface area contributed by atoms with Crippen LogP contribution in [0.2, 0.25) is 0 Å². The van der Waals surface area contributed by atoms with Crippen LogP contribution in [0.1, 0.15) is 64.2 Å². The Morgan fingerprint density at radius 1 is 1.00 bits per heavy atom. The molecule has 2 rings (SSSR count). The van der Waals surface area contributed by atoms with E-state index in [0.717, 1.165) is 5.92 Å². The molecule has 14 heavy (non-hydrogen) atoms. The largest absolute Gasteiger partial charge is 0.198 e. The number of hydrogen-bond donors (Lipinski definition) is 0. The van der Waals surface area contributed by atoms with Gasteiger partial charge in [-0.3, -0.25) is 0 Å². The standard InChI is InChI=1S/C13H21N/c14-11-13(8-4-1-5-9-13)10-12-6-2-3-7-12/h12H,1-10H2. The zero-order valence-corrected chi connectivity index (χ0v) is 9.10. The van der Waals surface area contributed by atoms with Gasteiger partial charge in [0.1, 0.15) is 0 Å². The Morgan fingerprint density at radius 2 is 1.64 bits per heavy atom. The first-order valence-electron chi connectivity index (χ1n) is 6.26. The van der Waals surface area contributed by atoms with E-state index in [0.29, 0.717) is 0 Å². The lowest BCUT2D eigenvalue weighted by atomic mass is 9.70. The lowest BCUT2D eigenvalue weighted by Crippen LogP contribution is -2.24. The molecule has 0 radical (unpaired) electrons. The first-order valence-corrected chi connectivity index (χ1v) is 6.26. The zero-order valence-electron chi connectivity index (χ0n) is 9.10. The van der Waals surface area contributed by atoms with Crippen LogP contribution in [0, 0.1) is 22.7 Å². The third-order valence-electron chi connectivity index (χ3n) is 4.20. The highest BCUT2D eigenvalue weighted by molar-refractivity contribution is 5.01. The van der Waals surface area contributed by atoms with Gasteiger partial charge in [0.25, 0.3) is 0 Å². The predicted molar refractivity (Wildman–Crippen MR) is 57.7 cm³/mol. The minimum absolute atomic E-state index is 0.0905. The fourth-order valence-corrected chi connectivity index (χ4v) is 3.36. The van der Waals surface area contributed by atoms with Gasteiger partial charge in [-0.15, -0.1) is 0 Å². The summed E-state index contributed by atoms with van der Waals surface area (Å²) in [4.78, 5) is 0. The highest BCUT2D eigenvalue weighted by Crippen LogP contribution is 2.44. The zero-order chi connectivity index (χ0) is 9.86. The third-order valence-corrected chi connectivity index (χ3v) is 4.20. The number of hydrogen-bond acceptors (Lipinski definition) is 1. The van der Waals surface area contributed by atoms with Crippen LogP contribution in [0.15, 0.2) is 0 Å². The second-order valence-electron chi connectivity index (χ2n) is 5.31. The summed E-state index contributed by atoms with van der Waals surface area (Å²) < 4.78 is 0. The number of nitrogens with zero attached hydrogens (tertiary/aromatic N) is 1. The van der Waals surface area contributed by atoms with Gasteiger partial charge in [0.2, 0.25) is 0 Å². The van der Waals surface area contributed by atoms with Gasteiger partial charge in [-0.1, -0.05) is 44.9 Å². The van der Waals surface area contributed by atoms with Gasteiger partial charge in [-0.2, -0.15) is 5.26 Å². The van der Waals surface area contributed by atoms with Crippen LogP contribution >= 0.6 is 0 Å². The van der Waals surface area contributed by atoms with E-state index in [4.69, 9.17) is 0 Å². The minimum Gasteiger partial charge on any atom is -0.198 e. The molecule has 0 aliphatic heterocycles. The number of rotatable bonds is 2. The Balaban J connectivity index is 1.93. The third kappa shape index (κ3) is 2.11. The van der Waals surface area contributed by atoms with Crippen molar-refractivity contribution in [3.63, 3.8) is 0 Å². The van der Waals surface area contributed by atoms with Gasteiger partial charge < -0.3 is 0 Å². The monoisotopic (exact) mass is 191 g/mol. The minimum atomic E-state index is 0.0905. The molecule has 78 valence electrons. The molecular weight excluding hydrogens is 170 g/mol. The summed E-state index contributed by atoms with van der Waals surface area (Å²) in [6, 6.07) is 2.64. The van der Waals surface area contributed by atoms with E-state index in [1.54, 1.807) is 0 Å². The average Bonchev–Trinajstić information content (AvgIpc) is 2.72. The molecule has 2 fully saturated rings. The van der Waals surface area contributed by atoms with Crippen LogP contribution in [0.5, 0.6) is 0 Å². The van der Waals surface area contributed by atoms with Crippen molar-refractivity contribution in [2.24, 2.45) is 11.3 Å². The van der Waals surface area contributed by atoms with Crippen molar-refractivity contribution in [3.05, 3.63) is 0 Å². The smallest absolute Gasteiger partial charge is 0.0689 e. The quantitative estimate of drug-likeness (QED) is 0.646. The summed E-state index contributed by atoms with van der Waals surface area (Å²) in [5.74, 6) is 0.882. The van der Waals surface area contributed by atoms with Crippen LogP contribution < -0.4 is 0 Å². The second-order valence-corrected chi connectivity index (χ2v) is 5.31. The summed E-state index contributed by atoms with van der Waals surface area (Å²) in [5.41, 5.74) is 0.0905. The maximum atomic E-state index is 9.35. The second kappa shape index (κ2) is 4.34. The molecule has 0 atom stereocenters. The van der Waals surface area contributed by atoms with E-state index >= 15 is 0 Å². The van der Waals surface area contributed by atoms with Crippen LogP contribution in [-0.4, -0.2) is 0 Å². The molecule has 0 heterocycles. The van der Waals surface area contributed by atoms with Gasteiger partial charge in [0.15, 0.2) is 0 Å². The molecule has 2 aliphatic rings. The Labute approximate surface area is 87.5 Å². The lowest BCUT2D eigenvalue weighted by Gasteiger charge is -2.32. The van der Waals surface area contributed by atoms with E-state index in [-0.39, 0.29) is 5.41 Å². The van der Waals surface area contributed by atoms with E-state index < -0.39 is 0 Å². The molecule has 0 saturated heterocycles. The molecule has 0 aromatic carbocycles. The van der Waals surface area contributed by atoms with Gasteiger partial charge in [0.05, 0.1) is 11.5 Å². The fraction of sp³-hybridized carbons (Fsp3) is 0.923. The van der Waals surface area contributed by atoms with E-state index in [1.807, 2.05) is 0 Å². The average molecular weight is 191 g/mol. The van der Waals surface area contributed by atoms with Crippen molar-refractivity contribution < 1.29 is 0 Å². The molecule has 0 spiro atoms. The highest BCUT2D eigenvalue weighted by atomic mass is 14.4. The first-order chi connectivity index (χ1) is 6.85. The molecule has 2 saturated carbocycles. The first kappa shape index (κ1) is 10.0. The molecular formula is C13H21N. The van der Waals surface area contributed by atoms with Crippen LogP contribution in [-0.2, 0) is 0 Å². The number of nitriles is 1. The van der Waals surface area contributed by atoms with Crippen molar-refractivity contribution >= 4 is 0 Å². The normalized spacial score (nSPS) is 27.4. The Bertz CT molecular complexity index is 214. The van der Waals surface area contributed by atoms with Crippen molar-refractivity contribution in [3.8, 4) is 6.07 Å². The molecule has 0 N–H and O–H groups in total. The predicted octanol–water partition coefficient (Wildman–Crippen LogP) is 4.04. The molecule has 0 unspecified atom stereocenters. The highest BCUT2D eigenvalue weighted by Gasteiger charge is 2.35. The molecule has 0 aromatic rings. The van der Waals surface area contributed by atoms with E-state index in [1.165, 1.54) is 64.2 Å². The van der Waals surface area contributed by atoms with Crippen LogP contribution in [0.3, 0.4) is 0 Å². The summed E-state index contributed by atoms with van der Waals surface area (Å²) in [6.45, 7) is 0. The molecule has 1 nitrogen and oxygen atoms in total. The molecule has 1 heteroatoms. The van der Waals surface area contributed by atoms with E-state index in [9.17, 15) is 5.26 Å². The fourth-order valence-electron chi connectivity index (χ4n) is 3.36. The van der Waals surface area contributed by atoms with Crippen LogP contribution in [0.4, 0.5) is 0 Å². The molecule has 0 bridgehead atoms. The van der Waals surface area contributed by atoms with Gasteiger partial charge >= 0.3 is 0 Å². The van der Waals surface area contributed by atoms with Crippen molar-refractivity contribution in [1.82, 2.24) is 0 Å². The summed E-state index contributed by atoms with van der Waals surface area (Å²) in [7, 11) is 0. The Morgan fingerprint density at radius 3 is 2.21 bits per heavy atom. The van der Waals surface area contributed by atoms with Crippen molar-refractivity contribution in [2.45, 2.75) is 64.2 Å². The lowest BCUT2D eigenvalue weighted by molar-refractivity contribution is 0.210. The van der Waals surface area contributed by atoms with Gasteiger partial charge in [0, 0.05) is 0 Å². The molecule has 2 aliphatic carbocycles. The van der Waals surface area contributed by atoms with E-state index in [2.05, 4.69) is 6.07 Å².